The summed E-state index contributed by atoms with van der Waals surface area (Å²) in [7, 11) is 0. The molecule has 1 unspecified atom stereocenters. The Balaban J connectivity index is 1.19. The fraction of sp³-hybridized carbons (Fsp3) is 0.571. The number of hydrogen-bond donors (Lipinski definition) is 1. The van der Waals surface area contributed by atoms with Crippen molar-refractivity contribution in [3.8, 4) is 11.5 Å². The first-order valence-corrected chi connectivity index (χ1v) is 9.95. The summed E-state index contributed by atoms with van der Waals surface area (Å²) in [5.74, 6) is 0.618. The lowest BCUT2D eigenvalue weighted by atomic mass is 9.67. The van der Waals surface area contributed by atoms with Gasteiger partial charge >= 0.3 is 5.97 Å². The van der Waals surface area contributed by atoms with Gasteiger partial charge in [0.05, 0.1) is 12.5 Å². The summed E-state index contributed by atoms with van der Waals surface area (Å²) in [6, 6.07) is 7.37. The van der Waals surface area contributed by atoms with Crippen LogP contribution < -0.4 is 14.8 Å². The smallest absolute Gasteiger partial charge is 0.309 e. The molecule has 4 rings (SSSR count). The van der Waals surface area contributed by atoms with Crippen molar-refractivity contribution in [1.29, 1.82) is 0 Å². The van der Waals surface area contributed by atoms with Crippen molar-refractivity contribution in [3.63, 3.8) is 0 Å². The number of esters is 1. The summed E-state index contributed by atoms with van der Waals surface area (Å²) < 4.78 is 16.6. The van der Waals surface area contributed by atoms with Crippen molar-refractivity contribution in [2.24, 2.45) is 17.8 Å². The number of ether oxygens (including phenoxy) is 3. The second kappa shape index (κ2) is 8.20. The molecule has 2 aliphatic carbocycles. The molecule has 3 aliphatic rings. The summed E-state index contributed by atoms with van der Waals surface area (Å²) in [6.45, 7) is 0.297. The maximum Gasteiger partial charge on any atom is 0.309 e. The van der Waals surface area contributed by atoms with E-state index in [1.54, 1.807) is 0 Å². The molecule has 150 valence electrons. The minimum Gasteiger partial charge on any atom is -0.486 e. The van der Waals surface area contributed by atoms with E-state index in [9.17, 15) is 14.4 Å². The van der Waals surface area contributed by atoms with Crippen LogP contribution in [0.4, 0.5) is 0 Å². The Kier molecular flexibility index (Phi) is 5.50. The van der Waals surface area contributed by atoms with Gasteiger partial charge in [-0.2, -0.15) is 0 Å². The number of nitrogens with one attached hydrogen (secondary N) is 1. The molecule has 7 nitrogen and oxygen atoms in total. The zero-order valence-corrected chi connectivity index (χ0v) is 15.7. The van der Waals surface area contributed by atoms with Crippen LogP contribution >= 0.6 is 0 Å². The van der Waals surface area contributed by atoms with Crippen LogP contribution in [0.1, 0.15) is 32.1 Å². The van der Waals surface area contributed by atoms with Crippen molar-refractivity contribution in [1.82, 2.24) is 5.32 Å². The van der Waals surface area contributed by atoms with Crippen molar-refractivity contribution in [3.05, 3.63) is 24.3 Å². The zero-order chi connectivity index (χ0) is 19.5. The second-order valence-corrected chi connectivity index (χ2v) is 7.80. The van der Waals surface area contributed by atoms with E-state index in [4.69, 9.17) is 14.2 Å². The third-order valence-electron chi connectivity index (χ3n) is 5.82. The zero-order valence-electron chi connectivity index (χ0n) is 15.7. The molecule has 0 aromatic heterocycles. The quantitative estimate of drug-likeness (QED) is 0.776. The molecule has 28 heavy (non-hydrogen) atoms. The Morgan fingerprint density at radius 1 is 1.11 bits per heavy atom. The minimum atomic E-state index is -0.372. The average Bonchev–Trinajstić information content (AvgIpc) is 2.70. The van der Waals surface area contributed by atoms with Gasteiger partial charge < -0.3 is 19.5 Å². The lowest BCUT2D eigenvalue weighted by Crippen LogP contribution is -2.43. The van der Waals surface area contributed by atoms with Gasteiger partial charge in [-0.05, 0) is 37.8 Å². The number of carbonyl (C=O) groups is 3. The number of fused-ring (bicyclic) bond motifs is 3. The number of ketones is 1. The standard InChI is InChI=1S/C21H25NO6/c23-19(22-10-16-11-26-17-6-1-2-7-18(17)28-16)12-27-21(25)15-8-13-4-3-5-14(9-15)20(13)24/h1-2,6-7,13-16H,3-5,8-12H2,(H,22,23)/t13-,14+,15?,16-/m1/s1. The van der Waals surface area contributed by atoms with Gasteiger partial charge in [-0.25, -0.2) is 0 Å². The molecule has 2 bridgehead atoms. The van der Waals surface area contributed by atoms with E-state index in [1.165, 1.54) is 0 Å². The first kappa shape index (κ1) is 18.8. The highest BCUT2D eigenvalue weighted by Crippen LogP contribution is 2.40. The predicted octanol–water partition coefficient (Wildman–Crippen LogP) is 1.88. The van der Waals surface area contributed by atoms with Crippen molar-refractivity contribution in [2.75, 3.05) is 19.8 Å². The molecule has 1 N–H and O–H groups in total. The van der Waals surface area contributed by atoms with Crippen molar-refractivity contribution >= 4 is 17.7 Å². The molecular formula is C21H25NO6. The predicted molar refractivity (Wildman–Crippen MR) is 98.9 cm³/mol. The van der Waals surface area contributed by atoms with Gasteiger partial charge in [-0.15, -0.1) is 0 Å². The van der Waals surface area contributed by atoms with Gasteiger partial charge in [0.25, 0.3) is 5.91 Å². The molecule has 1 amide bonds. The van der Waals surface area contributed by atoms with Crippen LogP contribution in [0.15, 0.2) is 24.3 Å². The van der Waals surface area contributed by atoms with Crippen LogP contribution in [0.25, 0.3) is 0 Å². The van der Waals surface area contributed by atoms with E-state index in [1.807, 2.05) is 24.3 Å². The summed E-state index contributed by atoms with van der Waals surface area (Å²) in [6.07, 6.45) is 3.62. The number of rotatable bonds is 5. The summed E-state index contributed by atoms with van der Waals surface area (Å²) in [5, 5.41) is 2.71. The van der Waals surface area contributed by atoms with Gasteiger partial charge in [0.1, 0.15) is 18.5 Å². The van der Waals surface area contributed by atoms with Gasteiger partial charge in [-0.3, -0.25) is 14.4 Å². The van der Waals surface area contributed by atoms with E-state index >= 15 is 0 Å². The molecule has 2 saturated carbocycles. The number of hydrogen-bond acceptors (Lipinski definition) is 6. The number of benzene rings is 1. The topological polar surface area (TPSA) is 90.9 Å². The van der Waals surface area contributed by atoms with Crippen LogP contribution in [0.3, 0.4) is 0 Å². The van der Waals surface area contributed by atoms with Crippen LogP contribution in [-0.4, -0.2) is 43.5 Å². The molecule has 2 fully saturated rings. The summed E-state index contributed by atoms with van der Waals surface area (Å²) in [5.41, 5.74) is 0. The van der Waals surface area contributed by atoms with Crippen LogP contribution in [0.5, 0.6) is 11.5 Å². The Labute approximate surface area is 163 Å². The summed E-state index contributed by atoms with van der Waals surface area (Å²) in [4.78, 5) is 36.5. The third kappa shape index (κ3) is 4.13. The van der Waals surface area contributed by atoms with Crippen molar-refractivity contribution < 1.29 is 28.6 Å². The van der Waals surface area contributed by atoms with E-state index in [2.05, 4.69) is 5.32 Å². The third-order valence-corrected chi connectivity index (χ3v) is 5.82. The van der Waals surface area contributed by atoms with E-state index in [0.29, 0.717) is 36.7 Å². The normalized spacial score (nSPS) is 28.4. The number of amides is 1. The van der Waals surface area contributed by atoms with Gasteiger partial charge in [-0.1, -0.05) is 18.6 Å². The SMILES string of the molecule is O=C(COC(=O)C1C[C@H]2CCC[C@@H](C1)C2=O)NC[C@@H]1COc2ccccc2O1. The number of para-hydroxylation sites is 2. The van der Waals surface area contributed by atoms with E-state index < -0.39 is 0 Å². The number of carbonyl (C=O) groups excluding carboxylic acids is 3. The van der Waals surface area contributed by atoms with Gasteiger partial charge in [0, 0.05) is 11.8 Å². The Morgan fingerprint density at radius 2 is 1.82 bits per heavy atom. The molecule has 1 aromatic rings. The van der Waals surface area contributed by atoms with Gasteiger partial charge in [0.2, 0.25) is 0 Å². The maximum atomic E-state index is 12.3. The Hall–Kier alpha value is -2.57. The second-order valence-electron chi connectivity index (χ2n) is 7.80. The molecular weight excluding hydrogens is 362 g/mol. The molecule has 0 saturated heterocycles. The fourth-order valence-electron chi connectivity index (χ4n) is 4.37. The lowest BCUT2D eigenvalue weighted by molar-refractivity contribution is -0.156. The first-order chi connectivity index (χ1) is 13.6. The highest BCUT2D eigenvalue weighted by atomic mass is 16.6. The monoisotopic (exact) mass is 387 g/mol. The average molecular weight is 387 g/mol. The molecule has 4 atom stereocenters. The fourth-order valence-corrected chi connectivity index (χ4v) is 4.37. The van der Waals surface area contributed by atoms with Crippen LogP contribution in [0, 0.1) is 17.8 Å². The molecule has 0 spiro atoms. The first-order valence-electron chi connectivity index (χ1n) is 9.95. The van der Waals surface area contributed by atoms with E-state index in [-0.39, 0.29) is 48.9 Å². The van der Waals surface area contributed by atoms with Crippen LogP contribution in [0.2, 0.25) is 0 Å². The summed E-state index contributed by atoms with van der Waals surface area (Å²) >= 11 is 0. The largest absolute Gasteiger partial charge is 0.486 e. The highest BCUT2D eigenvalue weighted by molar-refractivity contribution is 5.87. The Morgan fingerprint density at radius 3 is 2.57 bits per heavy atom. The van der Waals surface area contributed by atoms with Gasteiger partial charge in [0.15, 0.2) is 18.1 Å². The highest BCUT2D eigenvalue weighted by Gasteiger charge is 2.41. The van der Waals surface area contributed by atoms with E-state index in [0.717, 1.165) is 19.3 Å². The number of Topliss-reactive ketones (excluding diaryl/α,β-unsaturated/α-hetero) is 1. The molecule has 7 heteroatoms. The Bertz CT molecular complexity index is 747. The molecule has 0 radical (unpaired) electrons. The lowest BCUT2D eigenvalue weighted by Gasteiger charge is -2.36. The maximum absolute atomic E-state index is 12.3. The van der Waals surface area contributed by atoms with Crippen molar-refractivity contribution in [2.45, 2.75) is 38.2 Å². The van der Waals surface area contributed by atoms with Crippen LogP contribution in [-0.2, 0) is 19.1 Å². The molecule has 1 aliphatic heterocycles. The molecule has 1 heterocycles. The minimum absolute atomic E-state index is 0.00907. The molecule has 1 aromatic carbocycles.